The Morgan fingerprint density at radius 2 is 1.63 bits per heavy atom. The van der Waals surface area contributed by atoms with Crippen LogP contribution in [-0.4, -0.2) is 10.8 Å². The van der Waals surface area contributed by atoms with E-state index < -0.39 is 16.9 Å². The zero-order valence-corrected chi connectivity index (χ0v) is 14.7. The molecular weight excluding hydrogens is 344 g/mol. The van der Waals surface area contributed by atoms with Gasteiger partial charge in [-0.05, 0) is 30.7 Å². The first kappa shape index (κ1) is 18.1. The zero-order valence-electron chi connectivity index (χ0n) is 14.7. The predicted molar refractivity (Wildman–Crippen MR) is 103 cm³/mol. The second kappa shape index (κ2) is 8.14. The summed E-state index contributed by atoms with van der Waals surface area (Å²) >= 11 is 0. The van der Waals surface area contributed by atoms with Crippen molar-refractivity contribution < 1.29 is 14.5 Å². The van der Waals surface area contributed by atoms with Crippen molar-refractivity contribution in [3.05, 3.63) is 100 Å². The Bertz CT molecular complexity index is 943. The number of nitrogens with one attached hydrogen (secondary N) is 1. The monoisotopic (exact) mass is 362 g/mol. The molecule has 0 heterocycles. The third-order valence-corrected chi connectivity index (χ3v) is 3.94. The number of hydrogen-bond donors (Lipinski definition) is 1. The Kier molecular flexibility index (Phi) is 5.47. The molecule has 0 radical (unpaired) electrons. The number of benzene rings is 3. The topological polar surface area (TPSA) is 81.5 Å². The highest BCUT2D eigenvalue weighted by Gasteiger charge is 2.26. The van der Waals surface area contributed by atoms with E-state index in [4.69, 9.17) is 4.74 Å². The van der Waals surface area contributed by atoms with Crippen LogP contribution in [0.2, 0.25) is 0 Å². The molecule has 136 valence electrons. The number of rotatable bonds is 6. The highest BCUT2D eigenvalue weighted by molar-refractivity contribution is 5.95. The van der Waals surface area contributed by atoms with E-state index in [-0.39, 0.29) is 11.4 Å². The summed E-state index contributed by atoms with van der Waals surface area (Å²) in [5, 5.41) is 14.2. The highest BCUT2D eigenvalue weighted by atomic mass is 16.6. The Morgan fingerprint density at radius 1 is 1.00 bits per heavy atom. The largest absolute Gasteiger partial charge is 0.469 e. The van der Waals surface area contributed by atoms with Gasteiger partial charge in [-0.15, -0.1) is 0 Å². The molecule has 0 saturated heterocycles. The summed E-state index contributed by atoms with van der Waals surface area (Å²) in [5.74, 6) is -0.370. The fraction of sp³-hybridized carbons (Fsp3) is 0.0952. The number of amides is 1. The molecule has 6 heteroatoms. The van der Waals surface area contributed by atoms with Crippen molar-refractivity contribution in [2.75, 3.05) is 5.32 Å². The third kappa shape index (κ3) is 4.49. The van der Waals surface area contributed by atoms with Crippen molar-refractivity contribution in [3.63, 3.8) is 0 Å². The van der Waals surface area contributed by atoms with Gasteiger partial charge in [0.25, 0.3) is 5.91 Å². The molecule has 6 nitrogen and oxygen atoms in total. The van der Waals surface area contributed by atoms with Crippen molar-refractivity contribution in [3.8, 4) is 5.75 Å². The normalized spacial score (nSPS) is 11.4. The van der Waals surface area contributed by atoms with Gasteiger partial charge in [-0.2, -0.15) is 0 Å². The molecule has 1 unspecified atom stereocenters. The number of aryl methyl sites for hydroxylation is 1. The van der Waals surface area contributed by atoms with Crippen LogP contribution in [0, 0.1) is 17.0 Å². The highest BCUT2D eigenvalue weighted by Crippen LogP contribution is 2.32. The van der Waals surface area contributed by atoms with E-state index in [9.17, 15) is 14.9 Å². The van der Waals surface area contributed by atoms with E-state index in [1.807, 2.05) is 12.1 Å². The van der Waals surface area contributed by atoms with Gasteiger partial charge in [-0.1, -0.05) is 54.6 Å². The number of para-hydroxylation sites is 1. The quantitative estimate of drug-likeness (QED) is 0.511. The molecular formula is C21H18N2O4. The van der Waals surface area contributed by atoms with Crippen LogP contribution in [0.5, 0.6) is 5.75 Å². The average molecular weight is 362 g/mol. The maximum absolute atomic E-state index is 12.9. The Balaban J connectivity index is 1.94. The number of nitrogens with zero attached hydrogens (tertiary/aromatic N) is 1. The van der Waals surface area contributed by atoms with E-state index in [2.05, 4.69) is 5.32 Å². The number of hydrogen-bond acceptors (Lipinski definition) is 4. The first-order chi connectivity index (χ1) is 13.0. The molecule has 3 aromatic rings. The lowest BCUT2D eigenvalue weighted by Crippen LogP contribution is -2.26. The lowest BCUT2D eigenvalue weighted by molar-refractivity contribution is -0.386. The number of carbonyl (C=O) groups excluding carboxylic acids is 1. The van der Waals surface area contributed by atoms with Crippen LogP contribution < -0.4 is 10.1 Å². The summed E-state index contributed by atoms with van der Waals surface area (Å²) in [5.41, 5.74) is 1.77. The van der Waals surface area contributed by atoms with Crippen molar-refractivity contribution in [1.82, 2.24) is 0 Å². The first-order valence-electron chi connectivity index (χ1n) is 8.37. The molecule has 0 saturated carbocycles. The van der Waals surface area contributed by atoms with E-state index in [0.29, 0.717) is 11.3 Å². The summed E-state index contributed by atoms with van der Waals surface area (Å²) in [4.78, 5) is 23.7. The molecule has 0 aliphatic carbocycles. The second-order valence-electron chi connectivity index (χ2n) is 5.99. The molecule has 1 atom stereocenters. The van der Waals surface area contributed by atoms with Crippen molar-refractivity contribution in [1.29, 1.82) is 0 Å². The zero-order chi connectivity index (χ0) is 19.2. The summed E-state index contributed by atoms with van der Waals surface area (Å²) in [6, 6.07) is 22.5. The number of ether oxygens (including phenoxy) is 1. The summed E-state index contributed by atoms with van der Waals surface area (Å²) in [6.45, 7) is 1.76. The van der Waals surface area contributed by atoms with Crippen molar-refractivity contribution in [2.45, 2.75) is 13.0 Å². The predicted octanol–water partition coefficient (Wildman–Crippen LogP) is 4.66. The molecule has 0 spiro atoms. The van der Waals surface area contributed by atoms with Crippen LogP contribution in [-0.2, 0) is 4.79 Å². The van der Waals surface area contributed by atoms with Crippen LogP contribution >= 0.6 is 0 Å². The summed E-state index contributed by atoms with van der Waals surface area (Å²) in [6.07, 6.45) is -1.03. The minimum Gasteiger partial charge on any atom is -0.469 e. The van der Waals surface area contributed by atoms with Gasteiger partial charge in [-0.3, -0.25) is 14.9 Å². The van der Waals surface area contributed by atoms with E-state index in [1.165, 1.54) is 12.1 Å². The molecule has 0 bridgehead atoms. The van der Waals surface area contributed by atoms with Crippen LogP contribution in [0.25, 0.3) is 0 Å². The lowest BCUT2D eigenvalue weighted by Gasteiger charge is -2.19. The van der Waals surface area contributed by atoms with E-state index >= 15 is 0 Å². The minimum atomic E-state index is -1.03. The Morgan fingerprint density at radius 3 is 2.26 bits per heavy atom. The van der Waals surface area contributed by atoms with Gasteiger partial charge >= 0.3 is 5.69 Å². The molecule has 0 aromatic heterocycles. The minimum absolute atomic E-state index is 0.0441. The molecule has 0 fully saturated rings. The van der Waals surface area contributed by atoms with Gasteiger partial charge in [0.1, 0.15) is 0 Å². The van der Waals surface area contributed by atoms with Gasteiger partial charge in [0.2, 0.25) is 6.10 Å². The van der Waals surface area contributed by atoms with Gasteiger partial charge in [0, 0.05) is 17.3 Å². The van der Waals surface area contributed by atoms with Gasteiger partial charge in [0.15, 0.2) is 5.75 Å². The van der Waals surface area contributed by atoms with Crippen molar-refractivity contribution in [2.24, 2.45) is 0 Å². The number of carbonyl (C=O) groups is 1. The second-order valence-corrected chi connectivity index (χ2v) is 5.99. The van der Waals surface area contributed by atoms with Crippen molar-refractivity contribution >= 4 is 17.3 Å². The van der Waals surface area contributed by atoms with Crippen LogP contribution in [0.15, 0.2) is 78.9 Å². The fourth-order valence-electron chi connectivity index (χ4n) is 2.63. The van der Waals surface area contributed by atoms with Crippen LogP contribution in [0.3, 0.4) is 0 Å². The lowest BCUT2D eigenvalue weighted by atomic mass is 10.1. The molecule has 3 rings (SSSR count). The molecule has 0 aliphatic rings. The fourth-order valence-corrected chi connectivity index (χ4v) is 2.63. The molecule has 3 aromatic carbocycles. The SMILES string of the molecule is Cc1ccc(OC(C(=O)Nc2ccccc2)c2ccccc2)c([N+](=O)[O-])c1. The van der Waals surface area contributed by atoms with Gasteiger partial charge < -0.3 is 10.1 Å². The number of nitro benzene ring substituents is 1. The molecule has 27 heavy (non-hydrogen) atoms. The first-order valence-corrected chi connectivity index (χ1v) is 8.37. The van der Waals surface area contributed by atoms with Crippen LogP contribution in [0.1, 0.15) is 17.2 Å². The Labute approximate surface area is 156 Å². The number of anilines is 1. The molecule has 0 aliphatic heterocycles. The number of nitro groups is 1. The maximum atomic E-state index is 12.9. The maximum Gasteiger partial charge on any atom is 0.311 e. The smallest absolute Gasteiger partial charge is 0.311 e. The average Bonchev–Trinajstić information content (AvgIpc) is 2.68. The molecule has 1 amide bonds. The molecule has 1 N–H and O–H groups in total. The van der Waals surface area contributed by atoms with Gasteiger partial charge in [-0.25, -0.2) is 0 Å². The standard InChI is InChI=1S/C21H18N2O4/c1-15-12-13-19(18(14-15)23(25)26)27-20(16-8-4-2-5-9-16)21(24)22-17-10-6-3-7-11-17/h2-14,20H,1H3,(H,22,24). The summed E-state index contributed by atoms with van der Waals surface area (Å²) in [7, 11) is 0. The van der Waals surface area contributed by atoms with E-state index in [0.717, 1.165) is 5.56 Å². The summed E-state index contributed by atoms with van der Waals surface area (Å²) < 4.78 is 5.83. The van der Waals surface area contributed by atoms with Crippen LogP contribution in [0.4, 0.5) is 11.4 Å². The van der Waals surface area contributed by atoms with E-state index in [1.54, 1.807) is 61.5 Å². The Hall–Kier alpha value is -3.67. The van der Waals surface area contributed by atoms with Gasteiger partial charge in [0.05, 0.1) is 4.92 Å². The third-order valence-electron chi connectivity index (χ3n) is 3.94.